The van der Waals surface area contributed by atoms with Crippen LogP contribution in [0.5, 0.6) is 0 Å². The summed E-state index contributed by atoms with van der Waals surface area (Å²) in [4.78, 5) is 24.4. The number of nitrogens with zero attached hydrogens (tertiary/aromatic N) is 2. The second kappa shape index (κ2) is 6.60. The maximum atomic E-state index is 12.1. The molecular weight excluding hydrogens is 319 g/mol. The summed E-state index contributed by atoms with van der Waals surface area (Å²) >= 11 is 11.6. The van der Waals surface area contributed by atoms with Crippen molar-refractivity contribution in [3.05, 3.63) is 37.9 Å². The molecule has 1 aliphatic heterocycles. The van der Waals surface area contributed by atoms with Gasteiger partial charge < -0.3 is 9.64 Å². The molecule has 0 atom stereocenters. The fourth-order valence-electron chi connectivity index (χ4n) is 2.15. The number of carbonyl (C=O) groups excluding carboxylic acids is 1. The lowest BCUT2D eigenvalue weighted by atomic mass is 10.1. The minimum Gasteiger partial charge on any atom is -0.459 e. The fraction of sp³-hybridized carbons (Fsp3) is 0.462. The van der Waals surface area contributed by atoms with E-state index in [4.69, 9.17) is 27.9 Å². The molecule has 8 heteroatoms. The monoisotopic (exact) mass is 332 g/mol. The molecule has 1 fully saturated rings. The fourth-order valence-corrected chi connectivity index (χ4v) is 2.54. The zero-order valence-corrected chi connectivity index (χ0v) is 12.9. The third-order valence-electron chi connectivity index (χ3n) is 3.38. The van der Waals surface area contributed by atoms with Gasteiger partial charge in [-0.3, -0.25) is 10.1 Å². The van der Waals surface area contributed by atoms with E-state index in [1.165, 1.54) is 6.07 Å². The number of benzene rings is 1. The van der Waals surface area contributed by atoms with Crippen LogP contribution in [0.4, 0.5) is 5.69 Å². The molecule has 1 heterocycles. The number of hydrogen-bond donors (Lipinski definition) is 0. The van der Waals surface area contributed by atoms with Crippen LogP contribution >= 0.6 is 23.2 Å². The van der Waals surface area contributed by atoms with Crippen LogP contribution in [0.3, 0.4) is 0 Å². The van der Waals surface area contributed by atoms with Crippen molar-refractivity contribution >= 4 is 34.9 Å². The maximum Gasteiger partial charge on any atom is 0.338 e. The second-order valence-electron chi connectivity index (χ2n) is 4.96. The van der Waals surface area contributed by atoms with E-state index in [0.29, 0.717) is 0 Å². The lowest BCUT2D eigenvalue weighted by Crippen LogP contribution is -2.35. The largest absolute Gasteiger partial charge is 0.459 e. The first-order valence-electron chi connectivity index (χ1n) is 6.41. The van der Waals surface area contributed by atoms with Gasteiger partial charge in [-0.05, 0) is 26.0 Å². The van der Waals surface area contributed by atoms with Crippen LogP contribution in [0.2, 0.25) is 10.0 Å². The first-order chi connectivity index (χ1) is 9.88. The predicted octanol–water partition coefficient (Wildman–Crippen LogP) is 3.15. The van der Waals surface area contributed by atoms with Gasteiger partial charge in [-0.25, -0.2) is 4.79 Å². The Morgan fingerprint density at radius 2 is 2.00 bits per heavy atom. The standard InChI is InChI=1S/C13H14Cl2N2O4/c1-16-4-2-9(3-5-16)21-13(18)8-6-10(14)12(15)11(7-8)17(19)20/h6-7,9H,2-5H2,1H3. The molecule has 0 aliphatic carbocycles. The zero-order chi connectivity index (χ0) is 15.6. The summed E-state index contributed by atoms with van der Waals surface area (Å²) in [5.41, 5.74) is -0.366. The summed E-state index contributed by atoms with van der Waals surface area (Å²) in [5.74, 6) is -0.619. The van der Waals surface area contributed by atoms with E-state index >= 15 is 0 Å². The quantitative estimate of drug-likeness (QED) is 0.483. The molecule has 0 radical (unpaired) electrons. The van der Waals surface area contributed by atoms with Crippen molar-refractivity contribution in [2.45, 2.75) is 18.9 Å². The van der Waals surface area contributed by atoms with Crippen molar-refractivity contribution < 1.29 is 14.5 Å². The third-order valence-corrected chi connectivity index (χ3v) is 4.17. The van der Waals surface area contributed by atoms with Gasteiger partial charge in [-0.2, -0.15) is 0 Å². The summed E-state index contributed by atoms with van der Waals surface area (Å²) in [6.45, 7) is 1.69. The molecule has 0 amide bonds. The van der Waals surface area contributed by atoms with E-state index < -0.39 is 16.6 Å². The van der Waals surface area contributed by atoms with Crippen LogP contribution in [0.25, 0.3) is 0 Å². The van der Waals surface area contributed by atoms with Crippen molar-refractivity contribution in [3.8, 4) is 0 Å². The van der Waals surface area contributed by atoms with Gasteiger partial charge in [-0.1, -0.05) is 23.2 Å². The van der Waals surface area contributed by atoms with Gasteiger partial charge in [0.1, 0.15) is 11.1 Å². The minimum atomic E-state index is -0.680. The molecule has 114 valence electrons. The topological polar surface area (TPSA) is 72.7 Å². The number of hydrogen-bond acceptors (Lipinski definition) is 5. The van der Waals surface area contributed by atoms with E-state index in [1.54, 1.807) is 0 Å². The average molecular weight is 333 g/mol. The molecule has 0 aromatic heterocycles. The van der Waals surface area contributed by atoms with E-state index in [-0.39, 0.29) is 21.7 Å². The SMILES string of the molecule is CN1CCC(OC(=O)c2cc(Cl)c(Cl)c([N+](=O)[O-])c2)CC1. The molecule has 0 N–H and O–H groups in total. The predicted molar refractivity (Wildman–Crippen MR) is 79.1 cm³/mol. The van der Waals surface area contributed by atoms with Crippen LogP contribution in [0.15, 0.2) is 12.1 Å². The van der Waals surface area contributed by atoms with Gasteiger partial charge in [0.15, 0.2) is 0 Å². The van der Waals surface area contributed by atoms with Crippen molar-refractivity contribution in [1.82, 2.24) is 4.90 Å². The second-order valence-corrected chi connectivity index (χ2v) is 5.74. The van der Waals surface area contributed by atoms with Crippen molar-refractivity contribution in [2.75, 3.05) is 20.1 Å². The maximum absolute atomic E-state index is 12.1. The highest BCUT2D eigenvalue weighted by atomic mass is 35.5. The number of ether oxygens (including phenoxy) is 1. The van der Waals surface area contributed by atoms with Crippen LogP contribution in [0, 0.1) is 10.1 Å². The molecule has 6 nitrogen and oxygen atoms in total. The highest BCUT2D eigenvalue weighted by Crippen LogP contribution is 2.33. The number of esters is 1. The number of piperidine rings is 1. The van der Waals surface area contributed by atoms with Crippen LogP contribution in [-0.4, -0.2) is 42.0 Å². The Morgan fingerprint density at radius 3 is 2.57 bits per heavy atom. The van der Waals surface area contributed by atoms with E-state index in [0.717, 1.165) is 32.0 Å². The molecule has 1 aliphatic rings. The molecular formula is C13H14Cl2N2O4. The Labute approximate surface area is 131 Å². The molecule has 0 saturated carbocycles. The molecule has 1 aromatic carbocycles. The Hall–Kier alpha value is -1.37. The van der Waals surface area contributed by atoms with E-state index in [1.807, 2.05) is 7.05 Å². The Bertz CT molecular complexity index is 572. The van der Waals surface area contributed by atoms with E-state index in [2.05, 4.69) is 4.90 Å². The lowest BCUT2D eigenvalue weighted by molar-refractivity contribution is -0.384. The van der Waals surface area contributed by atoms with Gasteiger partial charge in [0.05, 0.1) is 15.5 Å². The lowest BCUT2D eigenvalue weighted by Gasteiger charge is -2.28. The molecule has 1 aromatic rings. The van der Waals surface area contributed by atoms with Gasteiger partial charge >= 0.3 is 5.97 Å². The summed E-state index contributed by atoms with van der Waals surface area (Å²) in [7, 11) is 2.00. The van der Waals surface area contributed by atoms with Crippen LogP contribution in [-0.2, 0) is 4.74 Å². The van der Waals surface area contributed by atoms with Crippen LogP contribution < -0.4 is 0 Å². The molecule has 21 heavy (non-hydrogen) atoms. The Morgan fingerprint density at radius 1 is 1.38 bits per heavy atom. The highest BCUT2D eigenvalue weighted by Gasteiger charge is 2.24. The smallest absolute Gasteiger partial charge is 0.338 e. The molecule has 1 saturated heterocycles. The first-order valence-corrected chi connectivity index (χ1v) is 7.17. The van der Waals surface area contributed by atoms with Crippen molar-refractivity contribution in [2.24, 2.45) is 0 Å². The van der Waals surface area contributed by atoms with Gasteiger partial charge in [0.2, 0.25) is 0 Å². The summed E-state index contributed by atoms with van der Waals surface area (Å²) < 4.78 is 5.37. The summed E-state index contributed by atoms with van der Waals surface area (Å²) in [6.07, 6.45) is 1.30. The molecule has 0 bridgehead atoms. The molecule has 2 rings (SSSR count). The number of likely N-dealkylation sites (tertiary alicyclic amines) is 1. The summed E-state index contributed by atoms with van der Waals surface area (Å²) in [5, 5.41) is 10.7. The Kier molecular flexibility index (Phi) is 5.03. The van der Waals surface area contributed by atoms with E-state index in [9.17, 15) is 14.9 Å². The van der Waals surface area contributed by atoms with Gasteiger partial charge in [0.25, 0.3) is 5.69 Å². The number of nitro benzene ring substituents is 1. The zero-order valence-electron chi connectivity index (χ0n) is 11.3. The normalized spacial score (nSPS) is 16.7. The van der Waals surface area contributed by atoms with Gasteiger partial charge in [-0.15, -0.1) is 0 Å². The molecule has 0 spiro atoms. The third kappa shape index (κ3) is 3.84. The molecule has 0 unspecified atom stereocenters. The minimum absolute atomic E-state index is 0.0371. The summed E-state index contributed by atoms with van der Waals surface area (Å²) in [6, 6.07) is 2.37. The number of carbonyl (C=O) groups is 1. The number of nitro groups is 1. The van der Waals surface area contributed by atoms with Gasteiger partial charge in [0, 0.05) is 19.2 Å². The van der Waals surface area contributed by atoms with Crippen molar-refractivity contribution in [3.63, 3.8) is 0 Å². The number of rotatable bonds is 3. The first kappa shape index (κ1) is 16.0. The van der Waals surface area contributed by atoms with Crippen molar-refractivity contribution in [1.29, 1.82) is 0 Å². The number of halogens is 2. The average Bonchev–Trinajstić information content (AvgIpc) is 2.43. The highest BCUT2D eigenvalue weighted by molar-refractivity contribution is 6.43. The van der Waals surface area contributed by atoms with Crippen LogP contribution in [0.1, 0.15) is 23.2 Å². The Balaban J connectivity index is 2.14.